The zero-order valence-electron chi connectivity index (χ0n) is 11.5. The van der Waals surface area contributed by atoms with Crippen LogP contribution in [-0.2, 0) is 13.0 Å². The van der Waals surface area contributed by atoms with Crippen molar-refractivity contribution in [3.05, 3.63) is 28.2 Å². The summed E-state index contributed by atoms with van der Waals surface area (Å²) in [5.74, 6) is 1.17. The van der Waals surface area contributed by atoms with Crippen LogP contribution in [-0.4, -0.2) is 26.9 Å². The summed E-state index contributed by atoms with van der Waals surface area (Å²) in [4.78, 5) is 4.52. The van der Waals surface area contributed by atoms with Crippen molar-refractivity contribution in [2.75, 3.05) is 12.1 Å². The van der Waals surface area contributed by atoms with Crippen LogP contribution in [0.15, 0.2) is 16.6 Å². The lowest BCUT2D eigenvalue weighted by molar-refractivity contribution is 0.620. The molecule has 0 aliphatic rings. The van der Waals surface area contributed by atoms with Gasteiger partial charge in [0.25, 0.3) is 0 Å². The first-order chi connectivity index (χ1) is 9.56. The number of rotatable bonds is 6. The maximum absolute atomic E-state index is 13.6. The standard InChI is InChI=1S/C14H17BrClFN2S/c1-9(20-2)4-6-19-13-7-10(15)11(17)8-12(13)18-14(19)3-5-16/h7-9H,3-6H2,1-2H3. The van der Waals surface area contributed by atoms with Crippen molar-refractivity contribution in [2.24, 2.45) is 0 Å². The number of hydrogen-bond acceptors (Lipinski definition) is 2. The fourth-order valence-electron chi connectivity index (χ4n) is 2.12. The molecule has 0 spiro atoms. The molecule has 0 amide bonds. The van der Waals surface area contributed by atoms with E-state index in [9.17, 15) is 4.39 Å². The molecule has 0 fully saturated rings. The third kappa shape index (κ3) is 3.49. The van der Waals surface area contributed by atoms with E-state index in [1.165, 1.54) is 6.07 Å². The van der Waals surface area contributed by atoms with E-state index in [1.807, 2.05) is 11.8 Å². The lowest BCUT2D eigenvalue weighted by Gasteiger charge is -2.12. The van der Waals surface area contributed by atoms with Gasteiger partial charge in [0.15, 0.2) is 0 Å². The molecule has 0 radical (unpaired) electrons. The number of hydrogen-bond donors (Lipinski definition) is 0. The molecule has 0 aliphatic heterocycles. The first-order valence-electron chi connectivity index (χ1n) is 6.49. The Labute approximate surface area is 136 Å². The van der Waals surface area contributed by atoms with Gasteiger partial charge in [-0.1, -0.05) is 6.92 Å². The Balaban J connectivity index is 2.42. The van der Waals surface area contributed by atoms with Gasteiger partial charge >= 0.3 is 0 Å². The molecule has 1 aromatic heterocycles. The van der Waals surface area contributed by atoms with Crippen LogP contribution in [0.25, 0.3) is 11.0 Å². The van der Waals surface area contributed by atoms with Crippen molar-refractivity contribution in [1.82, 2.24) is 9.55 Å². The van der Waals surface area contributed by atoms with Crippen LogP contribution in [0.4, 0.5) is 4.39 Å². The molecule has 0 saturated heterocycles. The van der Waals surface area contributed by atoms with Gasteiger partial charge in [-0.2, -0.15) is 11.8 Å². The highest BCUT2D eigenvalue weighted by Crippen LogP contribution is 2.25. The summed E-state index contributed by atoms with van der Waals surface area (Å²) in [5, 5.41) is 0.584. The van der Waals surface area contributed by atoms with Gasteiger partial charge in [-0.3, -0.25) is 0 Å². The summed E-state index contributed by atoms with van der Waals surface area (Å²) in [6.07, 6.45) is 3.86. The Morgan fingerprint density at radius 1 is 1.50 bits per heavy atom. The molecular weight excluding hydrogens is 363 g/mol. The number of fused-ring (bicyclic) bond motifs is 1. The van der Waals surface area contributed by atoms with Crippen molar-refractivity contribution >= 4 is 50.3 Å². The van der Waals surface area contributed by atoms with E-state index in [0.717, 1.165) is 24.3 Å². The molecule has 0 bridgehead atoms. The van der Waals surface area contributed by atoms with Gasteiger partial charge in [0.05, 0.1) is 15.5 Å². The Morgan fingerprint density at radius 3 is 2.90 bits per heavy atom. The zero-order valence-corrected chi connectivity index (χ0v) is 14.7. The predicted molar refractivity (Wildman–Crippen MR) is 89.4 cm³/mol. The Bertz CT molecular complexity index is 602. The second-order valence-electron chi connectivity index (χ2n) is 4.71. The summed E-state index contributed by atoms with van der Waals surface area (Å²) < 4.78 is 16.3. The SMILES string of the molecule is CSC(C)CCn1c(CCCl)nc2cc(F)c(Br)cc21. The minimum atomic E-state index is -0.281. The van der Waals surface area contributed by atoms with Crippen LogP contribution >= 0.6 is 39.3 Å². The predicted octanol–water partition coefficient (Wildman–Crippen LogP) is 4.86. The molecule has 110 valence electrons. The van der Waals surface area contributed by atoms with E-state index in [4.69, 9.17) is 11.6 Å². The van der Waals surface area contributed by atoms with E-state index in [0.29, 0.717) is 27.5 Å². The monoisotopic (exact) mass is 378 g/mol. The third-order valence-electron chi connectivity index (χ3n) is 3.35. The topological polar surface area (TPSA) is 17.8 Å². The van der Waals surface area contributed by atoms with Gasteiger partial charge in [0, 0.05) is 30.2 Å². The van der Waals surface area contributed by atoms with Crippen molar-refractivity contribution in [3.63, 3.8) is 0 Å². The molecule has 0 N–H and O–H groups in total. The van der Waals surface area contributed by atoms with Crippen LogP contribution in [0, 0.1) is 5.82 Å². The number of aryl methyl sites for hydroxylation is 2. The van der Waals surface area contributed by atoms with Crippen LogP contribution < -0.4 is 0 Å². The summed E-state index contributed by atoms with van der Waals surface area (Å²) in [7, 11) is 0. The van der Waals surface area contributed by atoms with Gasteiger partial charge in [-0.25, -0.2) is 9.37 Å². The first-order valence-corrected chi connectivity index (χ1v) is 9.11. The number of alkyl halides is 1. The third-order valence-corrected chi connectivity index (χ3v) is 5.19. The summed E-state index contributed by atoms with van der Waals surface area (Å²) >= 11 is 10.9. The van der Waals surface area contributed by atoms with Gasteiger partial charge < -0.3 is 4.57 Å². The number of nitrogens with zero attached hydrogens (tertiary/aromatic N) is 2. The average molecular weight is 380 g/mol. The molecule has 2 nitrogen and oxygen atoms in total. The largest absolute Gasteiger partial charge is 0.328 e. The molecule has 0 aliphatic carbocycles. The number of halogens is 3. The summed E-state index contributed by atoms with van der Waals surface area (Å²) in [6, 6.07) is 3.28. The number of aromatic nitrogens is 2. The lowest BCUT2D eigenvalue weighted by atomic mass is 10.3. The van der Waals surface area contributed by atoms with Gasteiger partial charge in [-0.05, 0) is 34.7 Å². The molecule has 6 heteroatoms. The highest BCUT2D eigenvalue weighted by Gasteiger charge is 2.14. The van der Waals surface area contributed by atoms with Gasteiger partial charge in [0.2, 0.25) is 0 Å². The summed E-state index contributed by atoms with van der Waals surface area (Å²) in [6.45, 7) is 3.09. The van der Waals surface area contributed by atoms with E-state index in [2.05, 4.69) is 38.7 Å². The second-order valence-corrected chi connectivity index (χ2v) is 7.22. The number of benzene rings is 1. The van der Waals surface area contributed by atoms with Crippen LogP contribution in [0.3, 0.4) is 0 Å². The normalized spacial score (nSPS) is 13.1. The summed E-state index contributed by atoms with van der Waals surface area (Å²) in [5.41, 5.74) is 1.66. The van der Waals surface area contributed by atoms with Crippen molar-refractivity contribution in [1.29, 1.82) is 0 Å². The molecule has 1 atom stereocenters. The fraction of sp³-hybridized carbons (Fsp3) is 0.500. The lowest BCUT2D eigenvalue weighted by Crippen LogP contribution is -2.08. The minimum absolute atomic E-state index is 0.281. The van der Waals surface area contributed by atoms with Crippen molar-refractivity contribution < 1.29 is 4.39 Å². The molecule has 0 saturated carbocycles. The van der Waals surface area contributed by atoms with Crippen LogP contribution in [0.1, 0.15) is 19.2 Å². The smallest absolute Gasteiger partial charge is 0.139 e. The minimum Gasteiger partial charge on any atom is -0.328 e. The van der Waals surface area contributed by atoms with E-state index in [1.54, 1.807) is 6.07 Å². The van der Waals surface area contributed by atoms with E-state index in [-0.39, 0.29) is 5.82 Å². The Hall–Kier alpha value is -0.260. The maximum Gasteiger partial charge on any atom is 0.139 e. The molecule has 1 aromatic carbocycles. The fourth-order valence-corrected chi connectivity index (χ4v) is 2.97. The van der Waals surface area contributed by atoms with Crippen LogP contribution in [0.5, 0.6) is 0 Å². The van der Waals surface area contributed by atoms with E-state index < -0.39 is 0 Å². The number of thioether (sulfide) groups is 1. The average Bonchev–Trinajstić information content (AvgIpc) is 2.74. The highest BCUT2D eigenvalue weighted by atomic mass is 79.9. The molecule has 20 heavy (non-hydrogen) atoms. The Morgan fingerprint density at radius 2 is 2.25 bits per heavy atom. The molecule has 1 heterocycles. The van der Waals surface area contributed by atoms with Crippen molar-refractivity contribution in [2.45, 2.75) is 31.6 Å². The molecular formula is C14H17BrClFN2S. The first kappa shape index (κ1) is 16.1. The quantitative estimate of drug-likeness (QED) is 0.667. The molecule has 2 aromatic rings. The van der Waals surface area contributed by atoms with Crippen molar-refractivity contribution in [3.8, 4) is 0 Å². The Kier molecular flexibility index (Phi) is 5.75. The number of imidazole rings is 1. The highest BCUT2D eigenvalue weighted by molar-refractivity contribution is 9.10. The van der Waals surface area contributed by atoms with Crippen LogP contribution in [0.2, 0.25) is 0 Å². The molecule has 1 unspecified atom stereocenters. The second kappa shape index (κ2) is 7.14. The maximum atomic E-state index is 13.6. The van der Waals surface area contributed by atoms with E-state index >= 15 is 0 Å². The zero-order chi connectivity index (χ0) is 14.7. The van der Waals surface area contributed by atoms with Gasteiger partial charge in [0.1, 0.15) is 11.6 Å². The van der Waals surface area contributed by atoms with Gasteiger partial charge in [-0.15, -0.1) is 11.6 Å². The molecule has 2 rings (SSSR count).